The van der Waals surface area contributed by atoms with Gasteiger partial charge in [-0.05, 0) is 58.7 Å². The lowest BCUT2D eigenvalue weighted by molar-refractivity contribution is -0.133. The molecule has 0 spiro atoms. The second-order valence-corrected chi connectivity index (χ2v) is 8.47. The highest BCUT2D eigenvalue weighted by atomic mass is 79.9. The second-order valence-electron chi connectivity index (χ2n) is 7.62. The van der Waals surface area contributed by atoms with Crippen LogP contribution in [0.25, 0.3) is 0 Å². The summed E-state index contributed by atoms with van der Waals surface area (Å²) >= 11 is 3.44. The number of furan rings is 1. The van der Waals surface area contributed by atoms with E-state index in [-0.39, 0.29) is 18.5 Å². The highest BCUT2D eigenvalue weighted by Gasteiger charge is 2.23. The monoisotopic (exact) mass is 516 g/mol. The number of halogens is 1. The zero-order valence-electron chi connectivity index (χ0n) is 18.9. The molecule has 0 bridgehead atoms. The largest absolute Gasteiger partial charge is 0.467 e. The SMILES string of the molecule is COCCCN(CC(=O)N(Cc1ccco1)Cc1cccn1C)C(=O)Nc1ccccc1Br. The van der Waals surface area contributed by atoms with Crippen LogP contribution in [0.3, 0.4) is 0 Å². The number of aryl methyl sites for hydroxylation is 1. The van der Waals surface area contributed by atoms with E-state index < -0.39 is 0 Å². The Hall–Kier alpha value is -3.04. The molecule has 0 aliphatic carbocycles. The van der Waals surface area contributed by atoms with Gasteiger partial charge in [0.05, 0.1) is 25.0 Å². The van der Waals surface area contributed by atoms with Crippen LogP contribution >= 0.6 is 15.9 Å². The van der Waals surface area contributed by atoms with Crippen molar-refractivity contribution in [1.29, 1.82) is 0 Å². The molecule has 0 aliphatic heterocycles. The summed E-state index contributed by atoms with van der Waals surface area (Å²) in [6.07, 6.45) is 4.14. The molecule has 3 rings (SSSR count). The number of urea groups is 1. The normalized spacial score (nSPS) is 10.8. The first-order valence-electron chi connectivity index (χ1n) is 10.7. The Labute approximate surface area is 202 Å². The Morgan fingerprint density at radius 1 is 1.09 bits per heavy atom. The van der Waals surface area contributed by atoms with E-state index in [9.17, 15) is 9.59 Å². The van der Waals surface area contributed by atoms with Gasteiger partial charge < -0.3 is 28.8 Å². The summed E-state index contributed by atoms with van der Waals surface area (Å²) < 4.78 is 13.4. The van der Waals surface area contributed by atoms with E-state index in [1.807, 2.05) is 54.2 Å². The van der Waals surface area contributed by atoms with Crippen molar-refractivity contribution in [3.63, 3.8) is 0 Å². The number of aromatic nitrogens is 1. The lowest BCUT2D eigenvalue weighted by Crippen LogP contribution is -2.44. The number of anilines is 1. The van der Waals surface area contributed by atoms with Crippen LogP contribution in [0, 0.1) is 0 Å². The third-order valence-electron chi connectivity index (χ3n) is 5.19. The molecule has 0 saturated heterocycles. The van der Waals surface area contributed by atoms with Crippen molar-refractivity contribution in [1.82, 2.24) is 14.4 Å². The van der Waals surface area contributed by atoms with Crippen LogP contribution in [0.2, 0.25) is 0 Å². The number of methoxy groups -OCH3 is 1. The average Bonchev–Trinajstić information content (AvgIpc) is 3.46. The van der Waals surface area contributed by atoms with Gasteiger partial charge in [0.1, 0.15) is 12.3 Å². The van der Waals surface area contributed by atoms with E-state index in [4.69, 9.17) is 9.15 Å². The minimum Gasteiger partial charge on any atom is -0.467 e. The van der Waals surface area contributed by atoms with Crippen LogP contribution in [-0.4, -0.2) is 53.1 Å². The Bertz CT molecular complexity index is 1030. The van der Waals surface area contributed by atoms with Gasteiger partial charge in [0, 0.05) is 43.7 Å². The molecule has 1 aromatic carbocycles. The number of hydrogen-bond donors (Lipinski definition) is 1. The van der Waals surface area contributed by atoms with E-state index in [0.29, 0.717) is 44.1 Å². The first-order valence-corrected chi connectivity index (χ1v) is 11.5. The lowest BCUT2D eigenvalue weighted by Gasteiger charge is -2.27. The van der Waals surface area contributed by atoms with E-state index in [2.05, 4.69) is 21.2 Å². The Balaban J connectivity index is 1.75. The zero-order chi connectivity index (χ0) is 23.6. The van der Waals surface area contributed by atoms with Gasteiger partial charge in [0.25, 0.3) is 0 Å². The van der Waals surface area contributed by atoms with Crippen LogP contribution in [0.15, 0.2) is 69.9 Å². The number of rotatable bonds is 11. The maximum Gasteiger partial charge on any atom is 0.322 e. The van der Waals surface area contributed by atoms with Crippen molar-refractivity contribution < 1.29 is 18.7 Å². The molecule has 0 fully saturated rings. The van der Waals surface area contributed by atoms with E-state index >= 15 is 0 Å². The van der Waals surface area contributed by atoms with Gasteiger partial charge in [-0.25, -0.2) is 4.79 Å². The number of carbonyl (C=O) groups is 2. The van der Waals surface area contributed by atoms with Gasteiger partial charge in [-0.3, -0.25) is 4.79 Å². The molecule has 2 heterocycles. The lowest BCUT2D eigenvalue weighted by atomic mass is 10.3. The molecule has 3 aromatic rings. The van der Waals surface area contributed by atoms with E-state index in [1.54, 1.807) is 30.4 Å². The van der Waals surface area contributed by atoms with Crippen molar-refractivity contribution in [2.75, 3.05) is 32.1 Å². The molecule has 176 valence electrons. The molecule has 0 saturated carbocycles. The fraction of sp³-hybridized carbons (Fsp3) is 0.333. The summed E-state index contributed by atoms with van der Waals surface area (Å²) in [5.41, 5.74) is 1.63. The van der Waals surface area contributed by atoms with Crippen LogP contribution in [0.4, 0.5) is 10.5 Å². The summed E-state index contributed by atoms with van der Waals surface area (Å²) in [5, 5.41) is 2.89. The molecular formula is C24H29BrN4O4. The molecule has 0 atom stereocenters. The number of para-hydroxylation sites is 1. The molecule has 0 unspecified atom stereocenters. The summed E-state index contributed by atoms with van der Waals surface area (Å²) in [6.45, 7) is 1.53. The number of ether oxygens (including phenoxy) is 1. The first kappa shape index (κ1) is 24.6. The van der Waals surface area contributed by atoms with Crippen LogP contribution < -0.4 is 5.32 Å². The van der Waals surface area contributed by atoms with Crippen LogP contribution in [0.1, 0.15) is 17.9 Å². The Morgan fingerprint density at radius 3 is 2.58 bits per heavy atom. The summed E-state index contributed by atoms with van der Waals surface area (Å²) in [4.78, 5) is 29.7. The predicted molar refractivity (Wildman–Crippen MR) is 130 cm³/mol. The van der Waals surface area contributed by atoms with Crippen molar-refractivity contribution in [3.8, 4) is 0 Å². The van der Waals surface area contributed by atoms with Crippen molar-refractivity contribution >= 4 is 33.6 Å². The van der Waals surface area contributed by atoms with Gasteiger partial charge in [0.2, 0.25) is 5.91 Å². The molecule has 1 N–H and O–H groups in total. The number of carbonyl (C=O) groups excluding carboxylic acids is 2. The van der Waals surface area contributed by atoms with Gasteiger partial charge in [-0.2, -0.15) is 0 Å². The molecular weight excluding hydrogens is 488 g/mol. The minimum absolute atomic E-state index is 0.0644. The molecule has 9 heteroatoms. The third kappa shape index (κ3) is 7.23. The minimum atomic E-state index is -0.344. The molecule has 0 radical (unpaired) electrons. The van der Waals surface area contributed by atoms with E-state index in [0.717, 1.165) is 10.2 Å². The molecule has 0 aliphatic rings. The quantitative estimate of drug-likeness (QED) is 0.381. The molecule has 33 heavy (non-hydrogen) atoms. The highest BCUT2D eigenvalue weighted by Crippen LogP contribution is 2.21. The average molecular weight is 517 g/mol. The van der Waals surface area contributed by atoms with Crippen molar-refractivity contribution in [2.45, 2.75) is 19.5 Å². The number of hydrogen-bond acceptors (Lipinski definition) is 4. The summed E-state index contributed by atoms with van der Waals surface area (Å²) in [6, 6.07) is 14.6. The topological polar surface area (TPSA) is 80.0 Å². The first-order chi connectivity index (χ1) is 16.0. The fourth-order valence-electron chi connectivity index (χ4n) is 3.35. The number of amides is 3. The van der Waals surface area contributed by atoms with Crippen LogP contribution in [0.5, 0.6) is 0 Å². The maximum absolute atomic E-state index is 13.4. The number of benzene rings is 1. The number of nitrogens with one attached hydrogen (secondary N) is 1. The number of nitrogens with zero attached hydrogens (tertiary/aromatic N) is 3. The van der Waals surface area contributed by atoms with Crippen molar-refractivity contribution in [2.24, 2.45) is 7.05 Å². The van der Waals surface area contributed by atoms with Gasteiger partial charge in [-0.1, -0.05) is 12.1 Å². The standard InChI is InChI=1S/C24H29BrN4O4/c1-27-12-5-8-19(27)16-29(17-20-9-6-15-33-20)23(30)18-28(13-7-14-32-2)24(31)26-22-11-4-3-10-21(22)25/h3-6,8-12,15H,7,13-14,16-18H2,1-2H3,(H,26,31). The molecule has 3 amide bonds. The smallest absolute Gasteiger partial charge is 0.322 e. The maximum atomic E-state index is 13.4. The third-order valence-corrected chi connectivity index (χ3v) is 5.88. The van der Waals surface area contributed by atoms with E-state index in [1.165, 1.54) is 4.90 Å². The van der Waals surface area contributed by atoms with Crippen LogP contribution in [-0.2, 0) is 29.7 Å². The van der Waals surface area contributed by atoms with Gasteiger partial charge in [-0.15, -0.1) is 0 Å². The Morgan fingerprint density at radius 2 is 1.91 bits per heavy atom. The summed E-state index contributed by atoms with van der Waals surface area (Å²) in [5.74, 6) is 0.508. The van der Waals surface area contributed by atoms with Gasteiger partial charge >= 0.3 is 6.03 Å². The predicted octanol–water partition coefficient (Wildman–Crippen LogP) is 4.48. The molecule has 2 aromatic heterocycles. The zero-order valence-corrected chi connectivity index (χ0v) is 20.5. The second kappa shape index (κ2) is 12.3. The summed E-state index contributed by atoms with van der Waals surface area (Å²) in [7, 11) is 3.55. The van der Waals surface area contributed by atoms with Gasteiger partial charge in [0.15, 0.2) is 0 Å². The van der Waals surface area contributed by atoms with Crippen molar-refractivity contribution in [3.05, 3.63) is 76.9 Å². The highest BCUT2D eigenvalue weighted by molar-refractivity contribution is 9.10. The fourth-order valence-corrected chi connectivity index (χ4v) is 3.74. The molecule has 8 nitrogen and oxygen atoms in total. The Kier molecular flexibility index (Phi) is 9.14.